The number of urea groups is 1. The third-order valence-corrected chi connectivity index (χ3v) is 2.71. The van der Waals surface area contributed by atoms with Crippen molar-refractivity contribution in [2.45, 2.75) is 25.9 Å². The van der Waals surface area contributed by atoms with Gasteiger partial charge in [0.05, 0.1) is 6.10 Å². The maximum atomic E-state index is 13.3. The Morgan fingerprint density at radius 3 is 2.90 bits per heavy atom. The molecule has 7 nitrogen and oxygen atoms in total. The molecular formula is C13H19FN4O3. The van der Waals surface area contributed by atoms with Crippen molar-refractivity contribution >= 4 is 11.7 Å². The van der Waals surface area contributed by atoms with E-state index in [0.717, 1.165) is 23.6 Å². The van der Waals surface area contributed by atoms with Gasteiger partial charge in [0.25, 0.3) is 0 Å². The van der Waals surface area contributed by atoms with Gasteiger partial charge in [-0.3, -0.25) is 0 Å². The van der Waals surface area contributed by atoms with E-state index in [4.69, 9.17) is 10.3 Å². The molecule has 0 fully saturated rings. The monoisotopic (exact) mass is 298 g/mol. The van der Waals surface area contributed by atoms with Crippen LogP contribution in [0.1, 0.15) is 19.8 Å². The summed E-state index contributed by atoms with van der Waals surface area (Å²) < 4.78 is 18.7. The fourth-order valence-corrected chi connectivity index (χ4v) is 1.70. The van der Waals surface area contributed by atoms with Crippen molar-refractivity contribution < 1.29 is 19.0 Å². The summed E-state index contributed by atoms with van der Waals surface area (Å²) in [6, 6.07) is 2.83. The fourth-order valence-electron chi connectivity index (χ4n) is 1.70. The molecule has 1 rings (SSSR count). The molecule has 1 atom stereocenters. The summed E-state index contributed by atoms with van der Waals surface area (Å²) in [5, 5.41) is 15.8. The van der Waals surface area contributed by atoms with Crippen LogP contribution in [-0.2, 0) is 0 Å². The zero-order valence-electron chi connectivity index (χ0n) is 12.0. The normalized spacial score (nSPS) is 11.6. The number of hydrogen-bond donors (Lipinski definition) is 3. The largest absolute Gasteiger partial charge is 0.489 e. The number of carbonyl (C=O) groups is 1. The third kappa shape index (κ3) is 4.67. The molecule has 21 heavy (non-hydrogen) atoms. The number of anilines is 1. The molecule has 116 valence electrons. The van der Waals surface area contributed by atoms with Crippen LogP contribution in [-0.4, -0.2) is 30.9 Å². The molecule has 0 aliphatic heterocycles. The molecular weight excluding hydrogens is 279 g/mol. The van der Waals surface area contributed by atoms with E-state index in [-0.39, 0.29) is 18.0 Å². The lowest BCUT2D eigenvalue weighted by molar-refractivity contribution is 0.0994. The Morgan fingerprint density at radius 2 is 2.33 bits per heavy atom. The summed E-state index contributed by atoms with van der Waals surface area (Å²) in [4.78, 5) is 11.6. The number of rotatable bonds is 7. The second-order valence-electron chi connectivity index (χ2n) is 4.33. The van der Waals surface area contributed by atoms with Gasteiger partial charge in [0.15, 0.2) is 0 Å². The highest BCUT2D eigenvalue weighted by atomic mass is 19.1. The number of benzene rings is 1. The van der Waals surface area contributed by atoms with Gasteiger partial charge in [0.2, 0.25) is 0 Å². The molecule has 0 saturated carbocycles. The number of halogens is 1. The van der Waals surface area contributed by atoms with E-state index in [1.165, 1.54) is 13.1 Å². The van der Waals surface area contributed by atoms with Crippen molar-refractivity contribution in [3.05, 3.63) is 24.0 Å². The van der Waals surface area contributed by atoms with Crippen LogP contribution in [0.25, 0.3) is 0 Å². The second-order valence-corrected chi connectivity index (χ2v) is 4.33. The minimum atomic E-state index is -0.687. The molecule has 0 spiro atoms. The standard InChI is InChI=1S/C13H19FN4O3/c1-3-4-10(19)8-21-12-7-9(14)5-6-11(12)18(17-15)13(20)16-2/h5-7,10,15,19H,3-4,8H2,1-2H3,(H,16,20). The second kappa shape index (κ2) is 8.15. The van der Waals surface area contributed by atoms with Crippen LogP contribution in [0.2, 0.25) is 0 Å². The van der Waals surface area contributed by atoms with Gasteiger partial charge in [-0.15, -0.1) is 0 Å². The lowest BCUT2D eigenvalue weighted by Crippen LogP contribution is -2.34. The van der Waals surface area contributed by atoms with Crippen LogP contribution in [0.4, 0.5) is 14.9 Å². The van der Waals surface area contributed by atoms with E-state index >= 15 is 0 Å². The summed E-state index contributed by atoms with van der Waals surface area (Å²) in [6.07, 6.45) is 0.645. The smallest absolute Gasteiger partial charge is 0.343 e. The number of nitrogens with one attached hydrogen (secondary N) is 2. The van der Waals surface area contributed by atoms with Crippen LogP contribution in [0.15, 0.2) is 23.4 Å². The van der Waals surface area contributed by atoms with Crippen LogP contribution in [0.5, 0.6) is 5.75 Å². The Labute approximate surface area is 122 Å². The van der Waals surface area contributed by atoms with Gasteiger partial charge in [0.1, 0.15) is 23.9 Å². The first-order valence-electron chi connectivity index (χ1n) is 6.53. The summed E-state index contributed by atoms with van der Waals surface area (Å²) >= 11 is 0. The number of hydrogen-bond acceptors (Lipinski definition) is 5. The van der Waals surface area contributed by atoms with Crippen molar-refractivity contribution in [3.8, 4) is 5.75 Å². The first kappa shape index (κ1) is 16.8. The molecule has 0 aliphatic carbocycles. The van der Waals surface area contributed by atoms with Crippen LogP contribution in [0.3, 0.4) is 0 Å². The van der Waals surface area contributed by atoms with Gasteiger partial charge in [0, 0.05) is 13.1 Å². The highest BCUT2D eigenvalue weighted by molar-refractivity contribution is 5.92. The summed E-state index contributed by atoms with van der Waals surface area (Å²) in [6.45, 7) is 1.88. The van der Waals surface area contributed by atoms with E-state index in [1.54, 1.807) is 0 Å². The van der Waals surface area contributed by atoms with E-state index in [9.17, 15) is 14.3 Å². The van der Waals surface area contributed by atoms with Crippen molar-refractivity contribution in [1.29, 1.82) is 5.53 Å². The Hall–Kier alpha value is -2.22. The van der Waals surface area contributed by atoms with E-state index in [2.05, 4.69) is 10.5 Å². The molecule has 2 amide bonds. The van der Waals surface area contributed by atoms with Gasteiger partial charge in [-0.2, -0.15) is 10.5 Å². The topological polar surface area (TPSA) is 98.0 Å². The summed E-state index contributed by atoms with van der Waals surface area (Å²) in [5.74, 6) is -0.523. The maximum Gasteiger partial charge on any atom is 0.343 e. The Bertz CT molecular complexity index is 498. The molecule has 0 radical (unpaired) electrons. The summed E-state index contributed by atoms with van der Waals surface area (Å²) in [5.41, 5.74) is 7.18. The predicted molar refractivity (Wildman–Crippen MR) is 74.9 cm³/mol. The molecule has 0 bridgehead atoms. The maximum absolute atomic E-state index is 13.3. The van der Waals surface area contributed by atoms with Crippen LogP contribution >= 0.6 is 0 Å². The lowest BCUT2D eigenvalue weighted by atomic mass is 10.2. The van der Waals surface area contributed by atoms with Gasteiger partial charge in [-0.1, -0.05) is 18.6 Å². The van der Waals surface area contributed by atoms with Crippen LogP contribution in [0, 0.1) is 11.3 Å². The molecule has 0 saturated heterocycles. The average molecular weight is 298 g/mol. The zero-order chi connectivity index (χ0) is 15.8. The van der Waals surface area contributed by atoms with Crippen LogP contribution < -0.4 is 15.1 Å². The SMILES string of the molecule is CCCC(O)COc1cc(F)ccc1N(N=N)C(=O)NC. The van der Waals surface area contributed by atoms with E-state index in [1.807, 2.05) is 6.92 Å². The Kier molecular flexibility index (Phi) is 6.54. The lowest BCUT2D eigenvalue weighted by Gasteiger charge is -2.19. The fraction of sp³-hybridized carbons (Fsp3) is 0.462. The molecule has 0 heterocycles. The molecule has 3 N–H and O–H groups in total. The predicted octanol–water partition coefficient (Wildman–Crippen LogP) is 2.46. The average Bonchev–Trinajstić information content (AvgIpc) is 2.47. The summed E-state index contributed by atoms with van der Waals surface area (Å²) in [7, 11) is 1.38. The van der Waals surface area contributed by atoms with E-state index in [0.29, 0.717) is 6.42 Å². The Balaban J connectivity index is 2.98. The molecule has 8 heteroatoms. The van der Waals surface area contributed by atoms with Gasteiger partial charge < -0.3 is 15.2 Å². The number of aliphatic hydroxyl groups is 1. The minimum absolute atomic E-state index is 0.0322. The third-order valence-electron chi connectivity index (χ3n) is 2.71. The molecule has 1 aromatic carbocycles. The molecule has 1 aromatic rings. The highest BCUT2D eigenvalue weighted by Gasteiger charge is 2.19. The Morgan fingerprint density at radius 1 is 1.62 bits per heavy atom. The molecule has 0 aliphatic rings. The van der Waals surface area contributed by atoms with Gasteiger partial charge >= 0.3 is 6.03 Å². The van der Waals surface area contributed by atoms with Crippen molar-refractivity contribution in [2.75, 3.05) is 18.7 Å². The number of ether oxygens (including phenoxy) is 1. The first-order valence-corrected chi connectivity index (χ1v) is 6.53. The number of carbonyl (C=O) groups excluding carboxylic acids is 1. The number of aliphatic hydroxyl groups excluding tert-OH is 1. The molecule has 0 aromatic heterocycles. The minimum Gasteiger partial charge on any atom is -0.489 e. The number of amides is 2. The van der Waals surface area contributed by atoms with E-state index < -0.39 is 18.0 Å². The van der Waals surface area contributed by atoms with Crippen molar-refractivity contribution in [3.63, 3.8) is 0 Å². The van der Waals surface area contributed by atoms with Gasteiger partial charge in [-0.05, 0) is 18.6 Å². The zero-order valence-corrected chi connectivity index (χ0v) is 12.0. The van der Waals surface area contributed by atoms with Crippen molar-refractivity contribution in [1.82, 2.24) is 5.32 Å². The first-order chi connectivity index (χ1) is 10.0. The van der Waals surface area contributed by atoms with Gasteiger partial charge in [-0.25, -0.2) is 9.18 Å². The highest BCUT2D eigenvalue weighted by Crippen LogP contribution is 2.30. The number of nitrogens with zero attached hydrogens (tertiary/aromatic N) is 2. The molecule has 1 unspecified atom stereocenters. The van der Waals surface area contributed by atoms with Crippen molar-refractivity contribution in [2.24, 2.45) is 5.22 Å². The quantitative estimate of drug-likeness (QED) is 0.532.